The molecular weight excluding hydrogens is 407 g/mol. The normalized spacial score (nSPS) is 32.8. The maximum Gasteiger partial charge on any atom is 0.534 e. The van der Waals surface area contributed by atoms with Crippen LogP contribution in [0.5, 0.6) is 5.75 Å². The predicted octanol–water partition coefficient (Wildman–Crippen LogP) is 3.62. The molecule has 2 heterocycles. The molecule has 2 aliphatic heterocycles. The molecule has 1 aromatic rings. The number of hydrogen-bond donors (Lipinski definition) is 0. The molecule has 0 spiro atoms. The van der Waals surface area contributed by atoms with Crippen LogP contribution < -0.4 is 4.18 Å². The second-order valence-electron chi connectivity index (χ2n) is 8.66. The molecule has 2 saturated heterocycles. The van der Waals surface area contributed by atoms with Crippen LogP contribution in [0.15, 0.2) is 18.2 Å². The summed E-state index contributed by atoms with van der Waals surface area (Å²) in [5, 5.41) is 0. The van der Waals surface area contributed by atoms with Gasteiger partial charge in [0, 0.05) is 19.2 Å². The zero-order valence-electron chi connectivity index (χ0n) is 16.5. The molecule has 1 aromatic carbocycles. The van der Waals surface area contributed by atoms with E-state index in [2.05, 4.69) is 22.9 Å². The monoisotopic (exact) mass is 433 g/mol. The van der Waals surface area contributed by atoms with Crippen molar-refractivity contribution in [3.05, 3.63) is 29.3 Å². The number of alkyl halides is 3. The van der Waals surface area contributed by atoms with Crippen LogP contribution in [0.25, 0.3) is 0 Å². The first-order chi connectivity index (χ1) is 13.5. The number of nitrogens with zero attached hydrogens (tertiary/aromatic N) is 1. The third-order valence-corrected chi connectivity index (χ3v) is 8.03. The molecule has 5 nitrogen and oxygen atoms in total. The van der Waals surface area contributed by atoms with Crippen molar-refractivity contribution in [1.29, 1.82) is 0 Å². The molecule has 0 aromatic heterocycles. The molecule has 2 fully saturated rings. The first-order valence-electron chi connectivity index (χ1n) is 10.0. The van der Waals surface area contributed by atoms with E-state index in [-0.39, 0.29) is 23.2 Å². The van der Waals surface area contributed by atoms with Crippen molar-refractivity contribution in [3.63, 3.8) is 0 Å². The first-order valence-corrected chi connectivity index (χ1v) is 11.4. The number of hydrogen-bond acceptors (Lipinski definition) is 5. The Bertz CT molecular complexity index is 882. The molecule has 2 bridgehead atoms. The van der Waals surface area contributed by atoms with Crippen molar-refractivity contribution in [2.75, 3.05) is 19.7 Å². The summed E-state index contributed by atoms with van der Waals surface area (Å²) in [7, 11) is -5.68. The Hall–Kier alpha value is -1.32. The molecule has 4 rings (SSSR count). The molecule has 0 N–H and O–H groups in total. The minimum absolute atomic E-state index is 0.243. The van der Waals surface area contributed by atoms with Gasteiger partial charge in [0.1, 0.15) is 5.75 Å². The van der Waals surface area contributed by atoms with Crippen LogP contribution in [0.4, 0.5) is 13.2 Å². The van der Waals surface area contributed by atoms with Gasteiger partial charge in [-0.05, 0) is 66.8 Å². The zero-order valence-corrected chi connectivity index (χ0v) is 17.4. The largest absolute Gasteiger partial charge is 0.534 e. The maximum atomic E-state index is 12.7. The average Bonchev–Trinajstić information content (AvgIpc) is 3.13. The molecule has 0 radical (unpaired) electrons. The summed E-state index contributed by atoms with van der Waals surface area (Å²) in [5.74, 6) is -0.00522. The lowest BCUT2D eigenvalue weighted by Gasteiger charge is -2.55. The third kappa shape index (κ3) is 3.65. The number of piperidine rings is 1. The predicted molar refractivity (Wildman–Crippen MR) is 101 cm³/mol. The van der Waals surface area contributed by atoms with Crippen molar-refractivity contribution >= 4 is 10.1 Å². The van der Waals surface area contributed by atoms with E-state index in [1.165, 1.54) is 12.1 Å². The number of likely N-dealkylation sites (tertiary alicyclic amines) is 1. The van der Waals surface area contributed by atoms with Crippen LogP contribution in [-0.2, 0) is 26.7 Å². The maximum absolute atomic E-state index is 12.7. The van der Waals surface area contributed by atoms with E-state index in [0.29, 0.717) is 6.04 Å². The molecule has 9 heteroatoms. The SMILES string of the molecule is C[C@H]1[C@H]2Cc3ccc(OS(=O)(=O)C(F)(F)F)cc3[C@]1(C)CCN2C[C@@H]1CCCO1. The highest BCUT2D eigenvalue weighted by atomic mass is 32.2. The van der Waals surface area contributed by atoms with Gasteiger partial charge in [0.15, 0.2) is 0 Å². The fraction of sp³-hybridized carbons (Fsp3) is 0.700. The van der Waals surface area contributed by atoms with Crippen LogP contribution >= 0.6 is 0 Å². The Labute approximate surface area is 169 Å². The van der Waals surface area contributed by atoms with E-state index >= 15 is 0 Å². The lowest BCUT2D eigenvalue weighted by atomic mass is 9.59. The standard InChI is InChI=1S/C20H26F3NO4S/c1-13-18-10-14-5-6-15(28-29(25,26)20(21,22)23)11-17(14)19(13,2)7-8-24(18)12-16-4-3-9-27-16/h5-6,11,13,16,18H,3-4,7-10,12H2,1-2H3/t13-,16-,18+,19+/m0/s1. The van der Waals surface area contributed by atoms with Gasteiger partial charge in [-0.2, -0.15) is 21.6 Å². The topological polar surface area (TPSA) is 55.8 Å². The van der Waals surface area contributed by atoms with Gasteiger partial charge in [-0.15, -0.1) is 0 Å². The van der Waals surface area contributed by atoms with Gasteiger partial charge in [0.2, 0.25) is 0 Å². The Kier molecular flexibility index (Phi) is 5.15. The van der Waals surface area contributed by atoms with E-state index in [4.69, 9.17) is 4.74 Å². The number of rotatable bonds is 4. The fourth-order valence-corrected chi connectivity index (χ4v) is 5.64. The second kappa shape index (κ2) is 7.13. The molecule has 162 valence electrons. The lowest BCUT2D eigenvalue weighted by molar-refractivity contribution is -0.0500. The van der Waals surface area contributed by atoms with E-state index < -0.39 is 15.6 Å². The summed E-state index contributed by atoms with van der Waals surface area (Å²) < 4.78 is 71.0. The van der Waals surface area contributed by atoms with Gasteiger partial charge in [0.05, 0.1) is 6.10 Å². The van der Waals surface area contributed by atoms with Crippen LogP contribution in [0.1, 0.15) is 44.2 Å². The number of halogens is 3. The van der Waals surface area contributed by atoms with Crippen molar-refractivity contribution < 1.29 is 30.5 Å². The Morgan fingerprint density at radius 3 is 2.76 bits per heavy atom. The highest BCUT2D eigenvalue weighted by Gasteiger charge is 2.50. The third-order valence-electron chi connectivity index (χ3n) is 7.05. The highest BCUT2D eigenvalue weighted by molar-refractivity contribution is 7.88. The quantitative estimate of drug-likeness (QED) is 0.536. The molecule has 0 amide bonds. The summed E-state index contributed by atoms with van der Waals surface area (Å²) in [6.07, 6.45) is 4.09. The Morgan fingerprint density at radius 2 is 2.10 bits per heavy atom. The molecule has 0 unspecified atom stereocenters. The first kappa shape index (κ1) is 20.9. The molecular formula is C20H26F3NO4S. The second-order valence-corrected chi connectivity index (χ2v) is 10.2. The number of fused-ring (bicyclic) bond motifs is 4. The summed E-state index contributed by atoms with van der Waals surface area (Å²) in [5.41, 5.74) is -3.75. The van der Waals surface area contributed by atoms with E-state index in [0.717, 1.165) is 56.5 Å². The van der Waals surface area contributed by atoms with Crippen LogP contribution in [0.3, 0.4) is 0 Å². The highest BCUT2D eigenvalue weighted by Crippen LogP contribution is 2.49. The van der Waals surface area contributed by atoms with Gasteiger partial charge in [-0.1, -0.05) is 19.9 Å². The van der Waals surface area contributed by atoms with E-state index in [1.54, 1.807) is 6.07 Å². The molecule has 3 aliphatic rings. The molecule has 0 saturated carbocycles. The molecule has 4 atom stereocenters. The smallest absolute Gasteiger partial charge is 0.377 e. The van der Waals surface area contributed by atoms with Crippen molar-refractivity contribution in [3.8, 4) is 5.75 Å². The molecule has 1 aliphatic carbocycles. The van der Waals surface area contributed by atoms with Crippen molar-refractivity contribution in [2.45, 2.75) is 62.6 Å². The Morgan fingerprint density at radius 1 is 1.34 bits per heavy atom. The summed E-state index contributed by atoms with van der Waals surface area (Å²) in [4.78, 5) is 2.49. The average molecular weight is 433 g/mol. The lowest BCUT2D eigenvalue weighted by Crippen LogP contribution is -2.59. The van der Waals surface area contributed by atoms with E-state index in [9.17, 15) is 21.6 Å². The zero-order chi connectivity index (χ0) is 21.0. The minimum atomic E-state index is -5.68. The van der Waals surface area contributed by atoms with Gasteiger partial charge < -0.3 is 8.92 Å². The van der Waals surface area contributed by atoms with Crippen LogP contribution in [0.2, 0.25) is 0 Å². The fourth-order valence-electron chi connectivity index (χ4n) is 5.19. The van der Waals surface area contributed by atoms with Gasteiger partial charge >= 0.3 is 15.6 Å². The minimum Gasteiger partial charge on any atom is -0.377 e. The summed E-state index contributed by atoms with van der Waals surface area (Å²) in [6.45, 7) is 6.91. The van der Waals surface area contributed by atoms with E-state index in [1.807, 2.05) is 0 Å². The number of benzene rings is 1. The number of ether oxygens (including phenoxy) is 1. The summed E-state index contributed by atoms with van der Waals surface area (Å²) in [6, 6.07) is 4.85. The van der Waals surface area contributed by atoms with Gasteiger partial charge in [-0.25, -0.2) is 0 Å². The van der Waals surface area contributed by atoms with Crippen LogP contribution in [0, 0.1) is 5.92 Å². The van der Waals surface area contributed by atoms with Crippen molar-refractivity contribution in [1.82, 2.24) is 4.90 Å². The van der Waals surface area contributed by atoms with Crippen LogP contribution in [-0.4, -0.2) is 50.7 Å². The van der Waals surface area contributed by atoms with Gasteiger partial charge in [-0.3, -0.25) is 4.90 Å². The molecule has 29 heavy (non-hydrogen) atoms. The Balaban J connectivity index is 1.60. The van der Waals surface area contributed by atoms with Crippen molar-refractivity contribution in [2.24, 2.45) is 5.92 Å². The summed E-state index contributed by atoms with van der Waals surface area (Å²) >= 11 is 0. The van der Waals surface area contributed by atoms with Gasteiger partial charge in [0.25, 0.3) is 0 Å².